The van der Waals surface area contributed by atoms with E-state index in [4.69, 9.17) is 4.74 Å². The van der Waals surface area contributed by atoms with Crippen LogP contribution in [0, 0.1) is 5.92 Å². The van der Waals surface area contributed by atoms with Gasteiger partial charge in [0.25, 0.3) is 10.0 Å². The molecular weight excluding hydrogens is 420 g/mol. The Balaban J connectivity index is 2.07. The summed E-state index contributed by atoms with van der Waals surface area (Å²) in [6, 6.07) is 18.3. The van der Waals surface area contributed by atoms with Gasteiger partial charge in [0.1, 0.15) is 0 Å². The van der Waals surface area contributed by atoms with Crippen LogP contribution in [0.4, 0.5) is 0 Å². The smallest absolute Gasteiger partial charge is 0.264 e. The van der Waals surface area contributed by atoms with E-state index in [2.05, 4.69) is 18.5 Å². The molecule has 1 saturated heterocycles. The largest absolute Gasteiger partial charge is 0.504 e. The first-order chi connectivity index (χ1) is 15.4. The maximum absolute atomic E-state index is 13.9. The zero-order valence-corrected chi connectivity index (χ0v) is 19.7. The first-order valence-electron chi connectivity index (χ1n) is 10.8. The number of hydrogen-bond acceptors (Lipinski definition) is 4. The van der Waals surface area contributed by atoms with Gasteiger partial charge >= 0.3 is 0 Å². The molecule has 0 amide bonds. The van der Waals surface area contributed by atoms with Gasteiger partial charge in [-0.3, -0.25) is 4.31 Å². The van der Waals surface area contributed by atoms with E-state index in [0.29, 0.717) is 17.8 Å². The number of piperidine rings is 1. The molecule has 0 N–H and O–H groups in total. The Labute approximate surface area is 192 Å². The van der Waals surface area contributed by atoms with Crippen molar-refractivity contribution in [3.63, 3.8) is 0 Å². The molecule has 0 atom stereocenters. The Kier molecular flexibility index (Phi) is 8.31. The molecule has 1 aliphatic heterocycles. The van der Waals surface area contributed by atoms with E-state index in [1.165, 1.54) is 10.6 Å². The van der Waals surface area contributed by atoms with E-state index < -0.39 is 10.0 Å². The van der Waals surface area contributed by atoms with Crippen LogP contribution in [-0.4, -0.2) is 51.4 Å². The Morgan fingerprint density at radius 2 is 1.69 bits per heavy atom. The normalized spacial score (nSPS) is 16.2. The molecule has 170 valence electrons. The third-order valence-electron chi connectivity index (χ3n) is 5.76. The summed E-state index contributed by atoms with van der Waals surface area (Å²) in [5.41, 5.74) is 2.08. The van der Waals surface area contributed by atoms with E-state index in [1.807, 2.05) is 36.4 Å². The van der Waals surface area contributed by atoms with E-state index in [9.17, 15) is 8.42 Å². The number of ether oxygens (including phenoxy) is 1. The van der Waals surface area contributed by atoms with Crippen LogP contribution in [0.25, 0.3) is 5.57 Å². The minimum atomic E-state index is -3.79. The highest BCUT2D eigenvalue weighted by atomic mass is 32.2. The van der Waals surface area contributed by atoms with Gasteiger partial charge in [0.2, 0.25) is 0 Å². The summed E-state index contributed by atoms with van der Waals surface area (Å²) in [6.07, 6.45) is 6.92. The maximum Gasteiger partial charge on any atom is 0.264 e. The van der Waals surface area contributed by atoms with Gasteiger partial charge < -0.3 is 9.64 Å². The topological polar surface area (TPSA) is 49.9 Å². The van der Waals surface area contributed by atoms with Gasteiger partial charge in [-0.1, -0.05) is 55.1 Å². The zero-order valence-electron chi connectivity index (χ0n) is 18.9. The molecule has 0 spiro atoms. The van der Waals surface area contributed by atoms with Gasteiger partial charge in [0, 0.05) is 6.54 Å². The molecule has 0 saturated carbocycles. The van der Waals surface area contributed by atoms with Crippen molar-refractivity contribution in [1.29, 1.82) is 0 Å². The molecule has 6 heteroatoms. The minimum absolute atomic E-state index is 0.267. The Morgan fingerprint density at radius 1 is 1.09 bits per heavy atom. The molecule has 2 aromatic rings. The van der Waals surface area contributed by atoms with Crippen LogP contribution in [0.2, 0.25) is 0 Å². The number of likely N-dealkylation sites (tertiary alicyclic amines) is 1. The Bertz CT molecular complexity index is 1040. The average molecular weight is 453 g/mol. The van der Waals surface area contributed by atoms with Crippen LogP contribution < -0.4 is 0 Å². The van der Waals surface area contributed by atoms with Crippen LogP contribution in [0.3, 0.4) is 0 Å². The second-order valence-electron chi connectivity index (χ2n) is 8.06. The number of hydrogen-bond donors (Lipinski definition) is 0. The van der Waals surface area contributed by atoms with Gasteiger partial charge in [-0.05, 0) is 74.3 Å². The monoisotopic (exact) mass is 452 g/mol. The summed E-state index contributed by atoms with van der Waals surface area (Å²) in [5.74, 6) is 0.267. The van der Waals surface area contributed by atoms with Crippen LogP contribution in [0.5, 0.6) is 0 Å². The molecular formula is C26H32N2O3S. The van der Waals surface area contributed by atoms with Gasteiger partial charge in [0.15, 0.2) is 0 Å². The molecule has 0 radical (unpaired) electrons. The van der Waals surface area contributed by atoms with Crippen LogP contribution in [0.15, 0.2) is 96.2 Å². The number of sulfonamides is 1. The minimum Gasteiger partial charge on any atom is -0.504 e. The lowest BCUT2D eigenvalue weighted by Gasteiger charge is -2.35. The zero-order chi connectivity index (χ0) is 23.0. The van der Waals surface area contributed by atoms with E-state index in [-0.39, 0.29) is 10.8 Å². The molecule has 3 rings (SSSR count). The van der Waals surface area contributed by atoms with Gasteiger partial charge in [-0.15, -0.1) is 0 Å². The second kappa shape index (κ2) is 11.2. The fourth-order valence-electron chi connectivity index (χ4n) is 3.86. The molecule has 1 heterocycles. The fraction of sp³-hybridized carbons (Fsp3) is 0.308. The number of nitrogens with zero attached hydrogens (tertiary/aromatic N) is 2. The molecule has 0 aliphatic carbocycles. The summed E-state index contributed by atoms with van der Waals surface area (Å²) in [5, 5.41) is 0. The summed E-state index contributed by atoms with van der Waals surface area (Å²) >= 11 is 0. The molecule has 1 aliphatic rings. The van der Waals surface area contributed by atoms with Crippen LogP contribution >= 0.6 is 0 Å². The van der Waals surface area contributed by atoms with Crippen molar-refractivity contribution in [2.45, 2.75) is 17.7 Å². The molecule has 0 unspecified atom stereocenters. The van der Waals surface area contributed by atoms with Crippen molar-refractivity contribution in [3.8, 4) is 0 Å². The highest BCUT2D eigenvalue weighted by molar-refractivity contribution is 7.89. The number of rotatable bonds is 9. The second-order valence-corrected chi connectivity index (χ2v) is 9.92. The van der Waals surface area contributed by atoms with Gasteiger partial charge in [0.05, 0.1) is 24.0 Å². The van der Waals surface area contributed by atoms with E-state index in [1.54, 1.807) is 43.5 Å². The fourth-order valence-corrected chi connectivity index (χ4v) is 5.45. The van der Waals surface area contributed by atoms with Crippen molar-refractivity contribution < 1.29 is 13.2 Å². The van der Waals surface area contributed by atoms with E-state index >= 15 is 0 Å². The summed E-state index contributed by atoms with van der Waals surface area (Å²) in [4.78, 5) is 2.56. The Hall–Kier alpha value is -2.83. The molecule has 0 bridgehead atoms. The Morgan fingerprint density at radius 3 is 2.28 bits per heavy atom. The lowest BCUT2D eigenvalue weighted by molar-refractivity contribution is 0.204. The third kappa shape index (κ3) is 5.90. The molecule has 0 aromatic heterocycles. The first-order valence-corrected chi connectivity index (χ1v) is 12.3. The lowest BCUT2D eigenvalue weighted by atomic mass is 9.96. The highest BCUT2D eigenvalue weighted by Gasteiger charge is 2.31. The number of methoxy groups -OCH3 is 1. The molecule has 5 nitrogen and oxygen atoms in total. The van der Waals surface area contributed by atoms with Crippen LogP contribution in [-0.2, 0) is 14.8 Å². The molecule has 2 aromatic carbocycles. The van der Waals surface area contributed by atoms with E-state index in [0.717, 1.165) is 31.5 Å². The third-order valence-corrected chi connectivity index (χ3v) is 7.56. The first kappa shape index (κ1) is 23.8. The highest BCUT2D eigenvalue weighted by Crippen LogP contribution is 2.32. The summed E-state index contributed by atoms with van der Waals surface area (Å²) in [7, 11) is -0.121. The standard InChI is InChI=1S/C26H32N2O3S/c1-22(24-11-6-4-7-12-24)26(15-10-20-31-3)28(21-23-16-18-27(2)19-17-23)32(29,30)25-13-8-5-9-14-25/h4-15,20,23H,1,16-19,21H2,2-3H3/b20-10+,26-15+. The van der Waals surface area contributed by atoms with Crippen molar-refractivity contribution >= 4 is 15.6 Å². The van der Waals surface area contributed by atoms with Crippen molar-refractivity contribution in [1.82, 2.24) is 9.21 Å². The average Bonchev–Trinajstić information content (AvgIpc) is 2.82. The van der Waals surface area contributed by atoms with Crippen molar-refractivity contribution in [3.05, 3.63) is 96.9 Å². The predicted octanol–water partition coefficient (Wildman–Crippen LogP) is 4.78. The molecule has 32 heavy (non-hydrogen) atoms. The van der Waals surface area contributed by atoms with Crippen LogP contribution in [0.1, 0.15) is 18.4 Å². The number of allylic oxidation sites excluding steroid dienone is 3. The van der Waals surface area contributed by atoms with Crippen molar-refractivity contribution in [2.75, 3.05) is 33.8 Å². The summed E-state index contributed by atoms with van der Waals surface area (Å²) < 4.78 is 34.3. The van der Waals surface area contributed by atoms with Crippen molar-refractivity contribution in [2.24, 2.45) is 5.92 Å². The molecule has 1 fully saturated rings. The maximum atomic E-state index is 13.9. The predicted molar refractivity (Wildman–Crippen MR) is 130 cm³/mol. The SMILES string of the molecule is C=C(/C(=C\C=C\OC)N(CC1CCN(C)CC1)S(=O)(=O)c1ccccc1)c1ccccc1. The van der Waals surface area contributed by atoms with Gasteiger partial charge in [-0.2, -0.15) is 0 Å². The number of benzene rings is 2. The summed E-state index contributed by atoms with van der Waals surface area (Å²) in [6.45, 7) is 6.62. The van der Waals surface area contributed by atoms with Gasteiger partial charge in [-0.25, -0.2) is 8.42 Å². The lowest BCUT2D eigenvalue weighted by Crippen LogP contribution is -2.39. The quantitative estimate of drug-likeness (QED) is 0.406.